The smallest absolute Gasteiger partial charge is 0.231 e. The van der Waals surface area contributed by atoms with Crippen LogP contribution in [0.4, 0.5) is 4.39 Å². The number of methoxy groups -OCH3 is 1. The van der Waals surface area contributed by atoms with Crippen LogP contribution in [0.1, 0.15) is 18.4 Å². The molecular formula is C16H23Cl2FN2O2. The van der Waals surface area contributed by atoms with Crippen LogP contribution in [0, 0.1) is 11.2 Å². The lowest BCUT2D eigenvalue weighted by molar-refractivity contribution is -0.146. The first-order valence-corrected chi connectivity index (χ1v) is 7.76. The van der Waals surface area contributed by atoms with Crippen molar-refractivity contribution in [3.63, 3.8) is 0 Å². The fourth-order valence-electron chi connectivity index (χ4n) is 3.00. The highest BCUT2D eigenvalue weighted by molar-refractivity contribution is 6.31. The molecule has 1 aliphatic heterocycles. The van der Waals surface area contributed by atoms with Crippen LogP contribution < -0.4 is 5.32 Å². The SMILES string of the molecule is COCC1(C(=O)N(C)Cc2c(F)cccc2Cl)CCNCC1.Cl. The number of carbonyl (C=O) groups excluding carboxylic acids is 1. The summed E-state index contributed by atoms with van der Waals surface area (Å²) < 4.78 is 19.2. The van der Waals surface area contributed by atoms with Crippen LogP contribution >= 0.6 is 24.0 Å². The lowest BCUT2D eigenvalue weighted by Crippen LogP contribution is -2.50. The summed E-state index contributed by atoms with van der Waals surface area (Å²) in [6.45, 7) is 2.10. The maximum absolute atomic E-state index is 13.9. The van der Waals surface area contributed by atoms with Crippen molar-refractivity contribution in [2.45, 2.75) is 19.4 Å². The second kappa shape index (κ2) is 8.83. The number of nitrogens with zero attached hydrogens (tertiary/aromatic N) is 1. The van der Waals surface area contributed by atoms with Crippen LogP contribution in [0.2, 0.25) is 5.02 Å². The second-order valence-electron chi connectivity index (χ2n) is 5.82. The van der Waals surface area contributed by atoms with Gasteiger partial charge in [0.15, 0.2) is 0 Å². The number of hydrogen-bond acceptors (Lipinski definition) is 3. The zero-order valence-electron chi connectivity index (χ0n) is 13.4. The molecule has 1 amide bonds. The van der Waals surface area contributed by atoms with E-state index in [1.165, 1.54) is 6.07 Å². The Hall–Kier alpha value is -0.880. The first kappa shape index (κ1) is 20.2. The molecule has 1 N–H and O–H groups in total. The van der Waals surface area contributed by atoms with Crippen LogP contribution in [0.15, 0.2) is 18.2 Å². The predicted octanol–water partition coefficient (Wildman–Crippen LogP) is 2.88. The summed E-state index contributed by atoms with van der Waals surface area (Å²) >= 11 is 6.05. The van der Waals surface area contributed by atoms with Gasteiger partial charge in [0.05, 0.1) is 12.0 Å². The van der Waals surface area contributed by atoms with Gasteiger partial charge < -0.3 is 15.0 Å². The van der Waals surface area contributed by atoms with Gasteiger partial charge in [0.2, 0.25) is 5.91 Å². The molecule has 0 atom stereocenters. The third-order valence-corrected chi connectivity index (χ3v) is 4.59. The minimum atomic E-state index is -0.535. The van der Waals surface area contributed by atoms with E-state index in [1.54, 1.807) is 31.2 Å². The summed E-state index contributed by atoms with van der Waals surface area (Å²) in [5.41, 5.74) is -0.187. The minimum absolute atomic E-state index is 0. The van der Waals surface area contributed by atoms with Gasteiger partial charge in [0, 0.05) is 31.3 Å². The van der Waals surface area contributed by atoms with Crippen molar-refractivity contribution in [3.8, 4) is 0 Å². The standard InChI is InChI=1S/C16H22ClFN2O2.ClH/c1-20(10-12-13(17)4-3-5-14(12)18)15(21)16(11-22-2)6-8-19-9-7-16;/h3-5,19H,6-11H2,1-2H3;1H. The second-order valence-corrected chi connectivity index (χ2v) is 6.23. The zero-order valence-corrected chi connectivity index (χ0v) is 15.0. The van der Waals surface area contributed by atoms with Crippen molar-refractivity contribution in [1.29, 1.82) is 0 Å². The Labute approximate surface area is 147 Å². The third kappa shape index (κ3) is 4.57. The van der Waals surface area contributed by atoms with Crippen molar-refractivity contribution in [3.05, 3.63) is 34.6 Å². The highest BCUT2D eigenvalue weighted by atomic mass is 35.5. The molecule has 0 aliphatic carbocycles. The molecule has 1 aromatic carbocycles. The number of amides is 1. The summed E-state index contributed by atoms with van der Waals surface area (Å²) in [4.78, 5) is 14.4. The lowest BCUT2D eigenvalue weighted by atomic mass is 9.78. The molecule has 1 aliphatic rings. The van der Waals surface area contributed by atoms with Gasteiger partial charge in [-0.3, -0.25) is 4.79 Å². The predicted molar refractivity (Wildman–Crippen MR) is 91.5 cm³/mol. The molecule has 0 aromatic heterocycles. The number of hydrogen-bond donors (Lipinski definition) is 1. The maximum atomic E-state index is 13.9. The molecule has 2 rings (SSSR count). The number of ether oxygens (including phenoxy) is 1. The van der Waals surface area contributed by atoms with Gasteiger partial charge >= 0.3 is 0 Å². The molecular weight excluding hydrogens is 342 g/mol. The summed E-state index contributed by atoms with van der Waals surface area (Å²) in [5.74, 6) is -0.409. The molecule has 4 nitrogen and oxygen atoms in total. The van der Waals surface area contributed by atoms with E-state index in [-0.39, 0.29) is 24.9 Å². The Kier molecular flexibility index (Phi) is 7.74. The van der Waals surface area contributed by atoms with Gasteiger partial charge in [-0.05, 0) is 38.1 Å². The molecule has 130 valence electrons. The van der Waals surface area contributed by atoms with Crippen LogP contribution in [-0.2, 0) is 16.1 Å². The average Bonchev–Trinajstić information content (AvgIpc) is 2.51. The fraction of sp³-hybridized carbons (Fsp3) is 0.562. The summed E-state index contributed by atoms with van der Waals surface area (Å²) in [6.07, 6.45) is 1.43. The fourth-order valence-corrected chi connectivity index (χ4v) is 3.22. The van der Waals surface area contributed by atoms with Crippen molar-refractivity contribution < 1.29 is 13.9 Å². The Balaban J connectivity index is 0.00000264. The molecule has 0 unspecified atom stereocenters. The van der Waals surface area contributed by atoms with E-state index in [1.807, 2.05) is 0 Å². The summed E-state index contributed by atoms with van der Waals surface area (Å²) in [6, 6.07) is 4.55. The van der Waals surface area contributed by atoms with Crippen molar-refractivity contribution in [2.24, 2.45) is 5.41 Å². The largest absolute Gasteiger partial charge is 0.384 e. The van der Waals surface area contributed by atoms with Gasteiger partial charge in [0.25, 0.3) is 0 Å². The molecule has 0 spiro atoms. The molecule has 7 heteroatoms. The zero-order chi connectivity index (χ0) is 16.2. The van der Waals surface area contributed by atoms with E-state index in [0.29, 0.717) is 17.2 Å². The van der Waals surface area contributed by atoms with Crippen molar-refractivity contribution in [2.75, 3.05) is 33.9 Å². The molecule has 0 saturated carbocycles. The molecule has 1 heterocycles. The Bertz CT molecular complexity index is 511. The van der Waals surface area contributed by atoms with E-state index in [4.69, 9.17) is 16.3 Å². The lowest BCUT2D eigenvalue weighted by Gasteiger charge is -2.38. The first-order chi connectivity index (χ1) is 10.5. The van der Waals surface area contributed by atoms with E-state index in [0.717, 1.165) is 25.9 Å². The number of benzene rings is 1. The minimum Gasteiger partial charge on any atom is -0.384 e. The van der Waals surface area contributed by atoms with Crippen molar-refractivity contribution in [1.82, 2.24) is 10.2 Å². The Morgan fingerprint density at radius 3 is 2.65 bits per heavy atom. The van der Waals surface area contributed by atoms with Crippen LogP contribution in [0.5, 0.6) is 0 Å². The summed E-state index contributed by atoms with van der Waals surface area (Å²) in [7, 11) is 3.29. The maximum Gasteiger partial charge on any atom is 0.231 e. The highest BCUT2D eigenvalue weighted by Crippen LogP contribution is 2.32. The Morgan fingerprint density at radius 2 is 2.09 bits per heavy atom. The summed E-state index contributed by atoms with van der Waals surface area (Å²) in [5, 5.41) is 3.59. The van der Waals surface area contributed by atoms with Crippen LogP contribution in [0.3, 0.4) is 0 Å². The topological polar surface area (TPSA) is 41.6 Å². The van der Waals surface area contributed by atoms with Gasteiger partial charge in [-0.25, -0.2) is 4.39 Å². The van der Waals surface area contributed by atoms with Crippen molar-refractivity contribution >= 4 is 29.9 Å². The van der Waals surface area contributed by atoms with Gasteiger partial charge in [-0.1, -0.05) is 17.7 Å². The molecule has 1 fully saturated rings. The van der Waals surface area contributed by atoms with Crippen LogP contribution in [0.25, 0.3) is 0 Å². The number of nitrogens with one attached hydrogen (secondary N) is 1. The number of halogens is 3. The molecule has 1 saturated heterocycles. The van der Waals surface area contributed by atoms with E-state index in [2.05, 4.69) is 5.32 Å². The van der Waals surface area contributed by atoms with E-state index < -0.39 is 11.2 Å². The average molecular weight is 365 g/mol. The Morgan fingerprint density at radius 1 is 1.43 bits per heavy atom. The number of carbonyl (C=O) groups is 1. The van der Waals surface area contributed by atoms with Gasteiger partial charge in [-0.15, -0.1) is 12.4 Å². The molecule has 0 bridgehead atoms. The normalized spacial score (nSPS) is 16.5. The van der Waals surface area contributed by atoms with Gasteiger partial charge in [0.1, 0.15) is 5.82 Å². The quantitative estimate of drug-likeness (QED) is 0.873. The van der Waals surface area contributed by atoms with Gasteiger partial charge in [-0.2, -0.15) is 0 Å². The highest BCUT2D eigenvalue weighted by Gasteiger charge is 2.41. The number of rotatable bonds is 5. The third-order valence-electron chi connectivity index (χ3n) is 4.24. The first-order valence-electron chi connectivity index (χ1n) is 7.38. The van der Waals surface area contributed by atoms with E-state index >= 15 is 0 Å². The van der Waals surface area contributed by atoms with E-state index in [9.17, 15) is 9.18 Å². The molecule has 23 heavy (non-hydrogen) atoms. The number of piperidine rings is 1. The van der Waals surface area contributed by atoms with Crippen LogP contribution in [-0.4, -0.2) is 44.7 Å². The molecule has 0 radical (unpaired) electrons. The molecule has 1 aromatic rings. The monoisotopic (exact) mass is 364 g/mol.